The first-order valence-electron chi connectivity index (χ1n) is 6.65. The second kappa shape index (κ2) is 5.51. The summed E-state index contributed by atoms with van der Waals surface area (Å²) in [6.45, 7) is 2.74. The molecule has 0 amide bonds. The number of nitrogens with zero attached hydrogens (tertiary/aromatic N) is 2. The van der Waals surface area contributed by atoms with Crippen LogP contribution in [-0.4, -0.2) is 24.1 Å². The van der Waals surface area contributed by atoms with Gasteiger partial charge in [0.2, 0.25) is 0 Å². The molecular weight excluding hydrogens is 252 g/mol. The van der Waals surface area contributed by atoms with E-state index in [0.717, 1.165) is 36.8 Å². The maximum atomic E-state index is 5.22. The van der Waals surface area contributed by atoms with E-state index in [1.54, 1.807) is 20.4 Å². The van der Waals surface area contributed by atoms with Crippen molar-refractivity contribution in [3.63, 3.8) is 0 Å². The fraction of sp³-hybridized carbons (Fsp3) is 0.312. The second-order valence-electron chi connectivity index (χ2n) is 4.97. The normalized spacial score (nSPS) is 14.1. The minimum Gasteiger partial charge on any atom is -0.497 e. The van der Waals surface area contributed by atoms with Gasteiger partial charge >= 0.3 is 0 Å². The van der Waals surface area contributed by atoms with Gasteiger partial charge in [0.25, 0.3) is 0 Å². The fourth-order valence-corrected chi connectivity index (χ4v) is 2.52. The van der Waals surface area contributed by atoms with Crippen LogP contribution in [-0.2, 0) is 19.6 Å². The number of fused-ring (bicyclic) bond motifs is 1. The zero-order valence-electron chi connectivity index (χ0n) is 11.8. The molecule has 1 aliphatic heterocycles. The van der Waals surface area contributed by atoms with Crippen molar-refractivity contribution in [1.29, 1.82) is 0 Å². The van der Waals surface area contributed by atoms with Crippen LogP contribution in [0.4, 0.5) is 0 Å². The van der Waals surface area contributed by atoms with E-state index in [-0.39, 0.29) is 0 Å². The Labute approximate surface area is 119 Å². The predicted molar refractivity (Wildman–Crippen MR) is 76.7 cm³/mol. The predicted octanol–water partition coefficient (Wildman–Crippen LogP) is 2.61. The second-order valence-corrected chi connectivity index (χ2v) is 4.97. The van der Waals surface area contributed by atoms with Crippen molar-refractivity contribution in [1.82, 2.24) is 9.88 Å². The number of aromatic nitrogens is 1. The smallest absolute Gasteiger partial charge is 0.137 e. The summed E-state index contributed by atoms with van der Waals surface area (Å²) in [7, 11) is 3.36. The first-order valence-corrected chi connectivity index (χ1v) is 6.65. The summed E-state index contributed by atoms with van der Waals surface area (Å²) in [6.07, 6.45) is 1.79. The third-order valence-electron chi connectivity index (χ3n) is 3.60. The molecule has 0 N–H and O–H groups in total. The van der Waals surface area contributed by atoms with Crippen molar-refractivity contribution in [3.05, 3.63) is 53.3 Å². The fourth-order valence-electron chi connectivity index (χ4n) is 2.52. The van der Waals surface area contributed by atoms with Gasteiger partial charge in [-0.3, -0.25) is 9.88 Å². The monoisotopic (exact) mass is 270 g/mol. The minimum atomic E-state index is 0.829. The highest BCUT2D eigenvalue weighted by molar-refractivity contribution is 5.32. The maximum Gasteiger partial charge on any atom is 0.137 e. The molecular formula is C16H18N2O2. The quantitative estimate of drug-likeness (QED) is 0.855. The number of benzene rings is 1. The standard InChI is InChI=1S/C16H18N2O2/c1-19-14-5-3-12(4-6-14)9-18-10-13-7-15(20-2)8-17-16(13)11-18/h3-8H,9-11H2,1-2H3. The lowest BCUT2D eigenvalue weighted by molar-refractivity contribution is 0.274. The van der Waals surface area contributed by atoms with Gasteiger partial charge in [-0.1, -0.05) is 12.1 Å². The molecule has 1 aromatic heterocycles. The summed E-state index contributed by atoms with van der Waals surface area (Å²) in [5.41, 5.74) is 3.70. The first-order chi connectivity index (χ1) is 9.78. The molecule has 4 nitrogen and oxygen atoms in total. The Kier molecular flexibility index (Phi) is 3.56. The Morgan fingerprint density at radius 2 is 1.80 bits per heavy atom. The SMILES string of the molecule is COc1ccc(CN2Cc3cc(OC)cnc3C2)cc1. The molecule has 20 heavy (non-hydrogen) atoms. The lowest BCUT2D eigenvalue weighted by Crippen LogP contribution is -2.15. The van der Waals surface area contributed by atoms with Crippen molar-refractivity contribution in [2.24, 2.45) is 0 Å². The third-order valence-corrected chi connectivity index (χ3v) is 3.60. The number of ether oxygens (including phenoxy) is 2. The number of pyridine rings is 1. The molecule has 0 bridgehead atoms. The van der Waals surface area contributed by atoms with Crippen molar-refractivity contribution < 1.29 is 9.47 Å². The lowest BCUT2D eigenvalue weighted by Gasteiger charge is -2.14. The van der Waals surface area contributed by atoms with Crippen molar-refractivity contribution in [2.45, 2.75) is 19.6 Å². The molecule has 0 spiro atoms. The molecule has 2 aromatic rings. The number of methoxy groups -OCH3 is 2. The van der Waals surface area contributed by atoms with Gasteiger partial charge in [-0.25, -0.2) is 0 Å². The Morgan fingerprint density at radius 1 is 1.05 bits per heavy atom. The van der Waals surface area contributed by atoms with Gasteiger partial charge in [0.1, 0.15) is 11.5 Å². The highest BCUT2D eigenvalue weighted by Crippen LogP contribution is 2.26. The van der Waals surface area contributed by atoms with E-state index in [4.69, 9.17) is 9.47 Å². The summed E-state index contributed by atoms with van der Waals surface area (Å²) in [4.78, 5) is 6.84. The average molecular weight is 270 g/mol. The van der Waals surface area contributed by atoms with Crippen LogP contribution in [0.1, 0.15) is 16.8 Å². The molecule has 0 saturated heterocycles. The van der Waals surface area contributed by atoms with Crippen LogP contribution in [0.15, 0.2) is 36.5 Å². The van der Waals surface area contributed by atoms with Crippen LogP contribution in [0.2, 0.25) is 0 Å². The molecule has 0 saturated carbocycles. The zero-order chi connectivity index (χ0) is 13.9. The van der Waals surface area contributed by atoms with E-state index in [2.05, 4.69) is 28.1 Å². The highest BCUT2D eigenvalue weighted by atomic mass is 16.5. The van der Waals surface area contributed by atoms with E-state index in [1.807, 2.05) is 12.1 Å². The Balaban J connectivity index is 1.68. The van der Waals surface area contributed by atoms with Crippen LogP contribution >= 0.6 is 0 Å². The topological polar surface area (TPSA) is 34.6 Å². The molecule has 1 aromatic carbocycles. The summed E-state index contributed by atoms with van der Waals surface area (Å²) < 4.78 is 10.4. The van der Waals surface area contributed by atoms with Gasteiger partial charge in [-0.2, -0.15) is 0 Å². The molecule has 3 rings (SSSR count). The third kappa shape index (κ3) is 2.60. The summed E-state index contributed by atoms with van der Waals surface area (Å²) in [5, 5.41) is 0. The Morgan fingerprint density at radius 3 is 2.50 bits per heavy atom. The molecule has 2 heterocycles. The molecule has 0 aliphatic carbocycles. The van der Waals surface area contributed by atoms with Crippen molar-refractivity contribution in [3.8, 4) is 11.5 Å². The molecule has 104 valence electrons. The maximum absolute atomic E-state index is 5.22. The van der Waals surface area contributed by atoms with Crippen LogP contribution in [0.5, 0.6) is 11.5 Å². The largest absolute Gasteiger partial charge is 0.497 e. The molecule has 4 heteroatoms. The van der Waals surface area contributed by atoms with Crippen LogP contribution < -0.4 is 9.47 Å². The molecule has 0 radical (unpaired) electrons. The van der Waals surface area contributed by atoms with Gasteiger partial charge < -0.3 is 9.47 Å². The van der Waals surface area contributed by atoms with Gasteiger partial charge in [0.05, 0.1) is 26.1 Å². The Hall–Kier alpha value is -2.07. The highest BCUT2D eigenvalue weighted by Gasteiger charge is 2.20. The average Bonchev–Trinajstić information content (AvgIpc) is 2.89. The summed E-state index contributed by atoms with van der Waals surface area (Å²) in [5.74, 6) is 1.72. The summed E-state index contributed by atoms with van der Waals surface area (Å²) in [6, 6.07) is 10.3. The van der Waals surface area contributed by atoms with Crippen LogP contribution in [0, 0.1) is 0 Å². The van der Waals surface area contributed by atoms with E-state index >= 15 is 0 Å². The molecule has 0 atom stereocenters. The van der Waals surface area contributed by atoms with Gasteiger partial charge in [0, 0.05) is 19.6 Å². The molecule has 0 fully saturated rings. The minimum absolute atomic E-state index is 0.829. The number of rotatable bonds is 4. The number of hydrogen-bond acceptors (Lipinski definition) is 4. The van der Waals surface area contributed by atoms with Gasteiger partial charge in [0.15, 0.2) is 0 Å². The van der Waals surface area contributed by atoms with Gasteiger partial charge in [-0.05, 0) is 29.3 Å². The molecule has 1 aliphatic rings. The Bertz CT molecular complexity index is 596. The van der Waals surface area contributed by atoms with E-state index < -0.39 is 0 Å². The zero-order valence-corrected chi connectivity index (χ0v) is 11.8. The van der Waals surface area contributed by atoms with Gasteiger partial charge in [-0.15, -0.1) is 0 Å². The van der Waals surface area contributed by atoms with E-state index in [9.17, 15) is 0 Å². The van der Waals surface area contributed by atoms with Crippen molar-refractivity contribution in [2.75, 3.05) is 14.2 Å². The van der Waals surface area contributed by atoms with Crippen LogP contribution in [0.25, 0.3) is 0 Å². The molecule has 0 unspecified atom stereocenters. The van der Waals surface area contributed by atoms with E-state index in [1.165, 1.54) is 11.1 Å². The van der Waals surface area contributed by atoms with Crippen molar-refractivity contribution >= 4 is 0 Å². The lowest BCUT2D eigenvalue weighted by atomic mass is 10.2. The van der Waals surface area contributed by atoms with Crippen LogP contribution in [0.3, 0.4) is 0 Å². The van der Waals surface area contributed by atoms with E-state index in [0.29, 0.717) is 0 Å². The number of hydrogen-bond donors (Lipinski definition) is 0. The summed E-state index contributed by atoms with van der Waals surface area (Å²) >= 11 is 0. The first kappa shape index (κ1) is 12.9.